The first kappa shape index (κ1) is 17.6. The molecule has 2 aromatic carbocycles. The van der Waals surface area contributed by atoms with Gasteiger partial charge in [-0.1, -0.05) is 29.8 Å². The second-order valence-electron chi connectivity index (χ2n) is 5.69. The molecule has 1 aromatic heterocycles. The normalized spacial score (nSPS) is 11.2. The van der Waals surface area contributed by atoms with Gasteiger partial charge in [0.1, 0.15) is 11.6 Å². The molecular formula is C20H17ClN4O. The van der Waals surface area contributed by atoms with Crippen LogP contribution < -0.4 is 10.6 Å². The maximum atomic E-state index is 12.1. The van der Waals surface area contributed by atoms with Crippen molar-refractivity contribution in [3.05, 3.63) is 77.1 Å². The van der Waals surface area contributed by atoms with Gasteiger partial charge in [0.2, 0.25) is 0 Å². The van der Waals surface area contributed by atoms with Crippen LogP contribution in [0.4, 0.5) is 5.69 Å². The van der Waals surface area contributed by atoms with Gasteiger partial charge in [-0.05, 0) is 42.3 Å². The third-order valence-corrected chi connectivity index (χ3v) is 4.18. The van der Waals surface area contributed by atoms with Gasteiger partial charge in [0.25, 0.3) is 5.91 Å². The van der Waals surface area contributed by atoms with Gasteiger partial charge in [0, 0.05) is 40.6 Å². The summed E-state index contributed by atoms with van der Waals surface area (Å²) in [4.78, 5) is 15.4. The molecule has 26 heavy (non-hydrogen) atoms. The van der Waals surface area contributed by atoms with Gasteiger partial charge in [-0.15, -0.1) is 0 Å². The molecule has 0 unspecified atom stereocenters. The molecule has 0 saturated heterocycles. The maximum Gasteiger partial charge on any atom is 0.267 e. The zero-order chi connectivity index (χ0) is 18.4. The predicted octanol–water partition coefficient (Wildman–Crippen LogP) is 4.00. The zero-order valence-electron chi connectivity index (χ0n) is 13.9. The number of hydrogen-bond acceptors (Lipinski definition) is 3. The molecule has 130 valence electrons. The highest BCUT2D eigenvalue weighted by molar-refractivity contribution is 6.30. The number of rotatable bonds is 6. The number of aromatic nitrogens is 1. The van der Waals surface area contributed by atoms with E-state index in [2.05, 4.69) is 21.7 Å². The summed E-state index contributed by atoms with van der Waals surface area (Å²) in [6, 6.07) is 16.7. The number of carbonyl (C=O) groups is 1. The third-order valence-electron chi connectivity index (χ3n) is 3.93. The number of fused-ring (bicyclic) bond motifs is 1. The number of hydrogen-bond donors (Lipinski definition) is 3. The monoisotopic (exact) mass is 364 g/mol. The molecule has 3 N–H and O–H groups in total. The van der Waals surface area contributed by atoms with E-state index in [9.17, 15) is 10.1 Å². The lowest BCUT2D eigenvalue weighted by Gasteiger charge is -2.05. The summed E-state index contributed by atoms with van der Waals surface area (Å²) in [5.74, 6) is -0.464. The van der Waals surface area contributed by atoms with Crippen molar-refractivity contribution in [1.29, 1.82) is 5.26 Å². The Balaban J connectivity index is 1.56. The Bertz CT molecular complexity index is 983. The molecular weight excluding hydrogens is 348 g/mol. The quantitative estimate of drug-likeness (QED) is 0.351. The van der Waals surface area contributed by atoms with Gasteiger partial charge in [-0.3, -0.25) is 4.79 Å². The van der Waals surface area contributed by atoms with E-state index in [-0.39, 0.29) is 5.57 Å². The van der Waals surface area contributed by atoms with Crippen LogP contribution in [0.2, 0.25) is 5.02 Å². The number of nitriles is 1. The molecule has 0 aliphatic carbocycles. The summed E-state index contributed by atoms with van der Waals surface area (Å²) in [5.41, 5.74) is 2.88. The van der Waals surface area contributed by atoms with Crippen molar-refractivity contribution in [3.8, 4) is 6.07 Å². The summed E-state index contributed by atoms with van der Waals surface area (Å²) in [6.07, 6.45) is 4.20. The van der Waals surface area contributed by atoms with Crippen LogP contribution in [-0.2, 0) is 11.2 Å². The van der Waals surface area contributed by atoms with Crippen LogP contribution in [0, 0.1) is 11.3 Å². The van der Waals surface area contributed by atoms with E-state index in [0.29, 0.717) is 17.3 Å². The van der Waals surface area contributed by atoms with E-state index in [1.165, 1.54) is 17.1 Å². The Morgan fingerprint density at radius 2 is 1.96 bits per heavy atom. The van der Waals surface area contributed by atoms with Crippen molar-refractivity contribution in [2.24, 2.45) is 0 Å². The Morgan fingerprint density at radius 3 is 2.73 bits per heavy atom. The average Bonchev–Trinajstić information content (AvgIpc) is 3.07. The van der Waals surface area contributed by atoms with Crippen LogP contribution in [0.15, 0.2) is 66.5 Å². The van der Waals surface area contributed by atoms with Crippen LogP contribution in [0.25, 0.3) is 10.9 Å². The second-order valence-corrected chi connectivity index (χ2v) is 6.13. The number of nitrogens with zero attached hydrogens (tertiary/aromatic N) is 1. The molecule has 0 atom stereocenters. The van der Waals surface area contributed by atoms with Gasteiger partial charge in [-0.25, -0.2) is 0 Å². The number of benzene rings is 2. The van der Waals surface area contributed by atoms with Crippen LogP contribution in [0.5, 0.6) is 0 Å². The van der Waals surface area contributed by atoms with Gasteiger partial charge in [0.15, 0.2) is 0 Å². The standard InChI is InChI=1S/C20H17ClN4O/c21-16-5-7-17(8-6-16)25-20(26)15(11-22)12-23-10-9-14-13-24-19-4-2-1-3-18(14)19/h1-8,12-13,23-24H,9-10H2,(H,25,26)/b15-12-. The fourth-order valence-corrected chi connectivity index (χ4v) is 2.73. The van der Waals surface area contributed by atoms with Crippen molar-refractivity contribution in [3.63, 3.8) is 0 Å². The minimum atomic E-state index is -0.464. The van der Waals surface area contributed by atoms with Gasteiger partial charge >= 0.3 is 0 Å². The number of halogens is 1. The van der Waals surface area contributed by atoms with E-state index < -0.39 is 5.91 Å². The smallest absolute Gasteiger partial charge is 0.267 e. The van der Waals surface area contributed by atoms with Crippen molar-refractivity contribution in [2.75, 3.05) is 11.9 Å². The summed E-state index contributed by atoms with van der Waals surface area (Å²) < 4.78 is 0. The van der Waals surface area contributed by atoms with E-state index in [0.717, 1.165) is 11.9 Å². The number of aromatic amines is 1. The molecule has 0 aliphatic heterocycles. The van der Waals surface area contributed by atoms with Gasteiger partial charge < -0.3 is 15.6 Å². The van der Waals surface area contributed by atoms with Crippen molar-refractivity contribution in [1.82, 2.24) is 10.3 Å². The van der Waals surface area contributed by atoms with E-state index in [1.807, 2.05) is 30.5 Å². The Hall–Kier alpha value is -3.23. The molecule has 3 aromatic rings. The van der Waals surface area contributed by atoms with Gasteiger partial charge in [0.05, 0.1) is 0 Å². The van der Waals surface area contributed by atoms with Crippen LogP contribution in [0.1, 0.15) is 5.56 Å². The molecule has 0 fully saturated rings. The van der Waals surface area contributed by atoms with Crippen LogP contribution in [-0.4, -0.2) is 17.4 Å². The van der Waals surface area contributed by atoms with E-state index in [4.69, 9.17) is 11.6 Å². The first-order valence-electron chi connectivity index (χ1n) is 8.13. The number of anilines is 1. The summed E-state index contributed by atoms with van der Waals surface area (Å²) in [7, 11) is 0. The topological polar surface area (TPSA) is 80.7 Å². The Kier molecular flexibility index (Phi) is 5.57. The average molecular weight is 365 g/mol. The largest absolute Gasteiger partial charge is 0.389 e. The zero-order valence-corrected chi connectivity index (χ0v) is 14.7. The highest BCUT2D eigenvalue weighted by Crippen LogP contribution is 2.17. The van der Waals surface area contributed by atoms with Gasteiger partial charge in [-0.2, -0.15) is 5.26 Å². The summed E-state index contributed by atoms with van der Waals surface area (Å²) in [6.45, 7) is 0.612. The maximum absolute atomic E-state index is 12.1. The number of H-pyrrole nitrogens is 1. The SMILES string of the molecule is N#C/C(=C/NCCc1c[nH]c2ccccc12)C(=O)Nc1ccc(Cl)cc1. The molecule has 6 heteroatoms. The lowest BCUT2D eigenvalue weighted by Crippen LogP contribution is -2.17. The highest BCUT2D eigenvalue weighted by Gasteiger charge is 2.09. The van der Waals surface area contributed by atoms with Crippen molar-refractivity contribution in [2.45, 2.75) is 6.42 Å². The highest BCUT2D eigenvalue weighted by atomic mass is 35.5. The Labute approximate surface area is 156 Å². The second kappa shape index (κ2) is 8.24. The fourth-order valence-electron chi connectivity index (χ4n) is 2.60. The first-order valence-corrected chi connectivity index (χ1v) is 8.51. The molecule has 3 rings (SSSR count). The Morgan fingerprint density at radius 1 is 1.19 bits per heavy atom. The lowest BCUT2D eigenvalue weighted by atomic mass is 10.1. The summed E-state index contributed by atoms with van der Waals surface area (Å²) >= 11 is 5.81. The number of nitrogens with one attached hydrogen (secondary N) is 3. The molecule has 1 heterocycles. The van der Waals surface area contributed by atoms with E-state index >= 15 is 0 Å². The van der Waals surface area contributed by atoms with Crippen LogP contribution >= 0.6 is 11.6 Å². The lowest BCUT2D eigenvalue weighted by molar-refractivity contribution is -0.112. The first-order chi connectivity index (χ1) is 12.7. The van der Waals surface area contributed by atoms with E-state index in [1.54, 1.807) is 24.3 Å². The number of carbonyl (C=O) groups excluding carboxylic acids is 1. The molecule has 0 spiro atoms. The molecule has 0 radical (unpaired) electrons. The number of para-hydroxylation sites is 1. The predicted molar refractivity (Wildman–Crippen MR) is 104 cm³/mol. The number of amides is 1. The molecule has 5 nitrogen and oxygen atoms in total. The fraction of sp³-hybridized carbons (Fsp3) is 0.100. The van der Waals surface area contributed by atoms with Crippen molar-refractivity contribution < 1.29 is 4.79 Å². The molecule has 0 saturated carbocycles. The minimum Gasteiger partial charge on any atom is -0.389 e. The third kappa shape index (κ3) is 4.24. The molecule has 0 bridgehead atoms. The molecule has 1 amide bonds. The van der Waals surface area contributed by atoms with Crippen LogP contribution in [0.3, 0.4) is 0 Å². The summed E-state index contributed by atoms with van der Waals surface area (Å²) in [5, 5.41) is 16.7. The minimum absolute atomic E-state index is 0.0128. The van der Waals surface area contributed by atoms with Crippen molar-refractivity contribution >= 4 is 34.1 Å². The molecule has 0 aliphatic rings.